The van der Waals surface area contributed by atoms with E-state index in [1.807, 2.05) is 6.07 Å². The minimum absolute atomic E-state index is 0.109. The van der Waals surface area contributed by atoms with Crippen molar-refractivity contribution in [2.45, 2.75) is 17.7 Å². The Balaban J connectivity index is 2.05. The Bertz CT molecular complexity index is 753. The van der Waals surface area contributed by atoms with Crippen LogP contribution in [0, 0.1) is 5.82 Å². The first-order valence-electron chi connectivity index (χ1n) is 6.85. The molecule has 0 amide bonds. The van der Waals surface area contributed by atoms with E-state index < -0.39 is 11.8 Å². The van der Waals surface area contributed by atoms with Crippen LogP contribution in [0.2, 0.25) is 0 Å². The van der Waals surface area contributed by atoms with Gasteiger partial charge in [0.2, 0.25) is 0 Å². The van der Waals surface area contributed by atoms with Crippen molar-refractivity contribution < 1.29 is 19.1 Å². The number of halogens is 1. The van der Waals surface area contributed by atoms with Gasteiger partial charge in [-0.1, -0.05) is 6.07 Å². The number of benzene rings is 2. The predicted octanol–water partition coefficient (Wildman–Crippen LogP) is 3.33. The van der Waals surface area contributed by atoms with Crippen LogP contribution in [0.15, 0.2) is 41.3 Å². The first-order valence-corrected chi connectivity index (χ1v) is 7.84. The molecule has 0 saturated heterocycles. The summed E-state index contributed by atoms with van der Waals surface area (Å²) >= 11 is 1.61. The molecule has 22 heavy (non-hydrogen) atoms. The lowest BCUT2D eigenvalue weighted by Gasteiger charge is -2.10. The van der Waals surface area contributed by atoms with E-state index in [0.29, 0.717) is 16.7 Å². The molecule has 5 heteroatoms. The lowest BCUT2D eigenvalue weighted by Crippen LogP contribution is -2.07. The lowest BCUT2D eigenvalue weighted by atomic mass is 9.96. The summed E-state index contributed by atoms with van der Waals surface area (Å²) in [5, 5.41) is 8.96. The second kappa shape index (κ2) is 5.93. The highest BCUT2D eigenvalue weighted by molar-refractivity contribution is 7.99. The molecule has 0 unspecified atom stereocenters. The Morgan fingerprint density at radius 2 is 1.91 bits per heavy atom. The molecular formula is C17H13FO3S. The van der Waals surface area contributed by atoms with Crippen LogP contribution < -0.4 is 0 Å². The number of hydrogen-bond donors (Lipinski definition) is 1. The third-order valence-electron chi connectivity index (χ3n) is 3.55. The molecule has 2 aromatic rings. The third kappa shape index (κ3) is 2.90. The number of carbonyl (C=O) groups is 2. The van der Waals surface area contributed by atoms with E-state index in [-0.39, 0.29) is 12.2 Å². The molecule has 0 aromatic heterocycles. The molecule has 0 bridgehead atoms. The van der Waals surface area contributed by atoms with Crippen LogP contribution in [-0.2, 0) is 17.6 Å². The fourth-order valence-electron chi connectivity index (χ4n) is 2.58. The smallest absolute Gasteiger partial charge is 0.307 e. The summed E-state index contributed by atoms with van der Waals surface area (Å²) in [5.41, 5.74) is 2.57. The van der Waals surface area contributed by atoms with Crippen LogP contribution in [0.1, 0.15) is 27.0 Å². The van der Waals surface area contributed by atoms with Gasteiger partial charge in [-0.2, -0.15) is 0 Å². The Morgan fingerprint density at radius 3 is 2.59 bits per heavy atom. The minimum Gasteiger partial charge on any atom is -0.481 e. The summed E-state index contributed by atoms with van der Waals surface area (Å²) < 4.78 is 13.0. The molecule has 0 atom stereocenters. The number of carbonyl (C=O) groups excluding carboxylic acids is 1. The van der Waals surface area contributed by atoms with Crippen LogP contribution in [0.3, 0.4) is 0 Å². The average Bonchev–Trinajstić information content (AvgIpc) is 2.94. The second-order valence-electron chi connectivity index (χ2n) is 5.14. The van der Waals surface area contributed by atoms with Crippen LogP contribution in [0.4, 0.5) is 4.39 Å². The fourth-order valence-corrected chi connectivity index (χ4v) is 3.76. The van der Waals surface area contributed by atoms with Gasteiger partial charge in [-0.05, 0) is 47.9 Å². The van der Waals surface area contributed by atoms with Crippen molar-refractivity contribution in [1.82, 2.24) is 0 Å². The van der Waals surface area contributed by atoms with E-state index in [1.165, 1.54) is 24.3 Å². The molecular weight excluding hydrogens is 303 g/mol. The molecule has 2 aromatic carbocycles. The number of aryl methyl sites for hydroxylation is 1. The summed E-state index contributed by atoms with van der Waals surface area (Å²) in [6.07, 6.45) is 0.721. The van der Waals surface area contributed by atoms with Crippen molar-refractivity contribution in [3.8, 4) is 0 Å². The summed E-state index contributed by atoms with van der Waals surface area (Å²) in [4.78, 5) is 24.5. The molecule has 0 spiro atoms. The number of ketones is 1. The van der Waals surface area contributed by atoms with Gasteiger partial charge in [0.25, 0.3) is 0 Å². The van der Waals surface area contributed by atoms with Crippen LogP contribution in [-0.4, -0.2) is 22.6 Å². The summed E-state index contributed by atoms with van der Waals surface area (Å²) in [7, 11) is 0. The Labute approximate surface area is 131 Å². The molecule has 0 fully saturated rings. The highest BCUT2D eigenvalue weighted by Crippen LogP contribution is 2.36. The summed E-state index contributed by atoms with van der Waals surface area (Å²) in [5.74, 6) is -0.630. The molecule has 1 aliphatic heterocycles. The highest BCUT2D eigenvalue weighted by Gasteiger charge is 2.22. The zero-order valence-electron chi connectivity index (χ0n) is 11.6. The monoisotopic (exact) mass is 316 g/mol. The second-order valence-corrected chi connectivity index (χ2v) is 6.24. The van der Waals surface area contributed by atoms with E-state index >= 15 is 0 Å². The van der Waals surface area contributed by atoms with E-state index in [9.17, 15) is 14.0 Å². The SMILES string of the molecule is O=C(O)Cc1cc2c(c(C(=O)c3ccc(F)cc3)c1)SCC2. The Kier molecular flexibility index (Phi) is 3.98. The highest BCUT2D eigenvalue weighted by atomic mass is 32.2. The standard InChI is InChI=1S/C17H13FO3S/c18-13-3-1-11(2-4-13)16(21)14-8-10(9-15(19)20)7-12-5-6-22-17(12)14/h1-4,7-8H,5-6,9H2,(H,19,20). The quantitative estimate of drug-likeness (QED) is 0.879. The van der Waals surface area contributed by atoms with Gasteiger partial charge in [0.05, 0.1) is 6.42 Å². The summed E-state index contributed by atoms with van der Waals surface area (Å²) in [6, 6.07) is 8.92. The number of carboxylic acids is 1. The van der Waals surface area contributed by atoms with Crippen molar-refractivity contribution in [2.75, 3.05) is 5.75 Å². The molecule has 1 N–H and O–H groups in total. The normalized spacial score (nSPS) is 13.0. The van der Waals surface area contributed by atoms with Crippen LogP contribution >= 0.6 is 11.8 Å². The van der Waals surface area contributed by atoms with Crippen molar-refractivity contribution in [2.24, 2.45) is 0 Å². The van der Waals surface area contributed by atoms with E-state index in [0.717, 1.165) is 22.6 Å². The summed E-state index contributed by atoms with van der Waals surface area (Å²) in [6.45, 7) is 0. The van der Waals surface area contributed by atoms with E-state index in [4.69, 9.17) is 5.11 Å². The largest absolute Gasteiger partial charge is 0.481 e. The van der Waals surface area contributed by atoms with Gasteiger partial charge in [-0.3, -0.25) is 9.59 Å². The van der Waals surface area contributed by atoms with E-state index in [2.05, 4.69) is 0 Å². The Morgan fingerprint density at radius 1 is 1.18 bits per heavy atom. The maximum absolute atomic E-state index is 13.0. The number of thioether (sulfide) groups is 1. The van der Waals surface area contributed by atoms with Crippen LogP contribution in [0.5, 0.6) is 0 Å². The number of carboxylic acid groups (broad SMARTS) is 1. The number of fused-ring (bicyclic) bond motifs is 1. The molecule has 0 saturated carbocycles. The maximum atomic E-state index is 13.0. The first kappa shape index (κ1) is 14.8. The van der Waals surface area contributed by atoms with Gasteiger partial charge < -0.3 is 5.11 Å². The molecule has 1 aliphatic rings. The van der Waals surface area contributed by atoms with Gasteiger partial charge in [0.1, 0.15) is 5.82 Å². The molecule has 112 valence electrons. The number of hydrogen-bond acceptors (Lipinski definition) is 3. The van der Waals surface area contributed by atoms with Crippen LogP contribution in [0.25, 0.3) is 0 Å². The zero-order valence-corrected chi connectivity index (χ0v) is 12.5. The predicted molar refractivity (Wildman–Crippen MR) is 82.0 cm³/mol. The average molecular weight is 316 g/mol. The third-order valence-corrected chi connectivity index (χ3v) is 4.73. The molecule has 0 radical (unpaired) electrons. The number of rotatable bonds is 4. The van der Waals surface area contributed by atoms with Crippen molar-refractivity contribution in [3.63, 3.8) is 0 Å². The first-order chi connectivity index (χ1) is 10.5. The van der Waals surface area contributed by atoms with Crippen molar-refractivity contribution in [1.29, 1.82) is 0 Å². The van der Waals surface area contributed by atoms with Gasteiger partial charge in [-0.15, -0.1) is 11.8 Å². The van der Waals surface area contributed by atoms with Gasteiger partial charge in [-0.25, -0.2) is 4.39 Å². The van der Waals surface area contributed by atoms with E-state index in [1.54, 1.807) is 17.8 Å². The topological polar surface area (TPSA) is 54.4 Å². The molecule has 3 nitrogen and oxygen atoms in total. The lowest BCUT2D eigenvalue weighted by molar-refractivity contribution is -0.136. The van der Waals surface area contributed by atoms with Crippen molar-refractivity contribution >= 4 is 23.5 Å². The maximum Gasteiger partial charge on any atom is 0.307 e. The van der Waals surface area contributed by atoms with Crippen molar-refractivity contribution in [3.05, 3.63) is 64.5 Å². The molecule has 1 heterocycles. The van der Waals surface area contributed by atoms with Gasteiger partial charge in [0, 0.05) is 21.8 Å². The molecule has 0 aliphatic carbocycles. The van der Waals surface area contributed by atoms with Gasteiger partial charge >= 0.3 is 5.97 Å². The number of aliphatic carboxylic acids is 1. The zero-order chi connectivity index (χ0) is 15.7. The fraction of sp³-hybridized carbons (Fsp3) is 0.176. The Hall–Kier alpha value is -2.14. The van der Waals surface area contributed by atoms with Gasteiger partial charge in [0.15, 0.2) is 5.78 Å². The minimum atomic E-state index is -0.925. The molecule has 3 rings (SSSR count).